The first-order valence-electron chi connectivity index (χ1n) is 14.3. The van der Waals surface area contributed by atoms with E-state index in [-0.39, 0.29) is 23.7 Å². The van der Waals surface area contributed by atoms with Crippen molar-refractivity contribution in [3.63, 3.8) is 0 Å². The van der Waals surface area contributed by atoms with Crippen molar-refractivity contribution in [3.05, 3.63) is 77.7 Å². The summed E-state index contributed by atoms with van der Waals surface area (Å²) < 4.78 is 19.0. The molecule has 218 valence electrons. The van der Waals surface area contributed by atoms with Gasteiger partial charge in [0.15, 0.2) is 0 Å². The van der Waals surface area contributed by atoms with E-state index in [4.69, 9.17) is 4.74 Å². The van der Waals surface area contributed by atoms with Gasteiger partial charge in [-0.1, -0.05) is 30.3 Å². The third kappa shape index (κ3) is 8.74. The highest BCUT2D eigenvalue weighted by molar-refractivity contribution is 5.80. The standard InChI is InChI=1S/C32H40FN5O3/c1-5-37(29(39)26-12-8-18-38(22-26)31(40)41-32(2,3)4)21-24-10-6-11-25(19-24)28-15-17-35-30(36-28)34-16-14-23-9-7-13-27(33)20-23/h6-7,9-11,13,15,17,19-20,26H,5,8,12,14,16,18,21-22H2,1-4H3,(H,34,35,36)/t26-/m0/s1. The fraction of sp³-hybridized carbons (Fsp3) is 0.438. The Morgan fingerprint density at radius 1 is 1.12 bits per heavy atom. The van der Waals surface area contributed by atoms with Gasteiger partial charge in [-0.2, -0.15) is 0 Å². The van der Waals surface area contributed by atoms with E-state index >= 15 is 0 Å². The second-order valence-corrected chi connectivity index (χ2v) is 11.4. The van der Waals surface area contributed by atoms with Crippen LogP contribution in [0.5, 0.6) is 0 Å². The van der Waals surface area contributed by atoms with Gasteiger partial charge in [-0.05, 0) is 82.3 Å². The maximum absolute atomic E-state index is 13.5. The first-order chi connectivity index (χ1) is 19.6. The summed E-state index contributed by atoms with van der Waals surface area (Å²) in [4.78, 5) is 38.6. The number of nitrogens with zero attached hydrogens (tertiary/aromatic N) is 4. The number of carbonyl (C=O) groups is 2. The summed E-state index contributed by atoms with van der Waals surface area (Å²) in [6, 6.07) is 16.4. The lowest BCUT2D eigenvalue weighted by Crippen LogP contribution is -2.47. The number of piperidine rings is 1. The molecule has 1 aliphatic heterocycles. The zero-order valence-electron chi connectivity index (χ0n) is 24.4. The van der Waals surface area contributed by atoms with Crippen LogP contribution in [0.1, 0.15) is 51.7 Å². The minimum absolute atomic E-state index is 0.0537. The number of rotatable bonds is 9. The molecule has 8 nitrogen and oxygen atoms in total. The molecule has 1 fully saturated rings. The van der Waals surface area contributed by atoms with Gasteiger partial charge in [0.05, 0.1) is 11.6 Å². The molecule has 1 aromatic heterocycles. The number of aromatic nitrogens is 2. The quantitative estimate of drug-likeness (QED) is 0.348. The van der Waals surface area contributed by atoms with E-state index in [2.05, 4.69) is 15.3 Å². The van der Waals surface area contributed by atoms with Crippen molar-refractivity contribution >= 4 is 17.9 Å². The predicted octanol–water partition coefficient (Wildman–Crippen LogP) is 5.93. The molecule has 0 spiro atoms. The van der Waals surface area contributed by atoms with Crippen molar-refractivity contribution in [2.45, 2.75) is 59.1 Å². The molecule has 0 bridgehead atoms. The van der Waals surface area contributed by atoms with Crippen molar-refractivity contribution in [2.24, 2.45) is 5.92 Å². The lowest BCUT2D eigenvalue weighted by Gasteiger charge is -2.35. The summed E-state index contributed by atoms with van der Waals surface area (Å²) >= 11 is 0. The van der Waals surface area contributed by atoms with E-state index in [0.29, 0.717) is 45.1 Å². The molecule has 0 radical (unpaired) electrons. The number of amides is 2. The number of benzene rings is 2. The number of nitrogens with one attached hydrogen (secondary N) is 1. The Morgan fingerprint density at radius 3 is 2.66 bits per heavy atom. The molecule has 0 unspecified atom stereocenters. The van der Waals surface area contributed by atoms with Gasteiger partial charge in [-0.3, -0.25) is 4.79 Å². The third-order valence-electron chi connectivity index (χ3n) is 6.95. The van der Waals surface area contributed by atoms with Crippen LogP contribution < -0.4 is 5.32 Å². The lowest BCUT2D eigenvalue weighted by atomic mass is 9.96. The first-order valence-corrected chi connectivity index (χ1v) is 14.3. The van der Waals surface area contributed by atoms with Crippen LogP contribution >= 0.6 is 0 Å². The Balaban J connectivity index is 1.38. The topological polar surface area (TPSA) is 87.7 Å². The number of hydrogen-bond acceptors (Lipinski definition) is 6. The van der Waals surface area contributed by atoms with Gasteiger partial charge in [0.25, 0.3) is 0 Å². The molecule has 9 heteroatoms. The molecule has 4 rings (SSSR count). The summed E-state index contributed by atoms with van der Waals surface area (Å²) in [6.45, 7) is 10.1. The second-order valence-electron chi connectivity index (χ2n) is 11.4. The van der Waals surface area contributed by atoms with Crippen LogP contribution in [0.25, 0.3) is 11.3 Å². The smallest absolute Gasteiger partial charge is 0.410 e. The number of anilines is 1. The number of ether oxygens (including phenoxy) is 1. The maximum Gasteiger partial charge on any atom is 0.410 e. The van der Waals surface area contributed by atoms with Crippen molar-refractivity contribution < 1.29 is 18.7 Å². The largest absolute Gasteiger partial charge is 0.444 e. The van der Waals surface area contributed by atoms with Gasteiger partial charge in [0.1, 0.15) is 11.4 Å². The molecular formula is C32H40FN5O3. The Hall–Kier alpha value is -4.01. The van der Waals surface area contributed by atoms with Crippen molar-refractivity contribution in [1.29, 1.82) is 0 Å². The third-order valence-corrected chi connectivity index (χ3v) is 6.95. The summed E-state index contributed by atoms with van der Waals surface area (Å²) in [6.07, 6.45) is 3.53. The average Bonchev–Trinajstić information content (AvgIpc) is 2.95. The average molecular weight is 562 g/mol. The summed E-state index contributed by atoms with van der Waals surface area (Å²) in [5, 5.41) is 3.22. The number of halogens is 1. The molecule has 0 aliphatic carbocycles. The predicted molar refractivity (Wildman–Crippen MR) is 158 cm³/mol. The highest BCUT2D eigenvalue weighted by Crippen LogP contribution is 2.24. The minimum Gasteiger partial charge on any atom is -0.444 e. The maximum atomic E-state index is 13.5. The van der Waals surface area contributed by atoms with Gasteiger partial charge in [-0.25, -0.2) is 19.2 Å². The van der Waals surface area contributed by atoms with E-state index in [9.17, 15) is 14.0 Å². The molecule has 2 heterocycles. The van der Waals surface area contributed by atoms with E-state index in [1.807, 2.05) is 69.0 Å². The fourth-order valence-corrected chi connectivity index (χ4v) is 4.94. The van der Waals surface area contributed by atoms with Crippen LogP contribution in [-0.2, 0) is 22.5 Å². The van der Waals surface area contributed by atoms with Crippen LogP contribution in [0.3, 0.4) is 0 Å². The van der Waals surface area contributed by atoms with E-state index in [1.165, 1.54) is 12.1 Å². The van der Waals surface area contributed by atoms with Crippen LogP contribution in [0, 0.1) is 11.7 Å². The molecule has 1 N–H and O–H groups in total. The highest BCUT2D eigenvalue weighted by Gasteiger charge is 2.33. The molecule has 3 aromatic rings. The van der Waals surface area contributed by atoms with E-state index < -0.39 is 5.60 Å². The van der Waals surface area contributed by atoms with Crippen LogP contribution in [0.2, 0.25) is 0 Å². The van der Waals surface area contributed by atoms with Gasteiger partial charge < -0.3 is 19.9 Å². The molecular weight excluding hydrogens is 521 g/mol. The van der Waals surface area contributed by atoms with Gasteiger partial charge in [0.2, 0.25) is 11.9 Å². The number of hydrogen-bond donors (Lipinski definition) is 1. The van der Waals surface area contributed by atoms with Crippen molar-refractivity contribution in [2.75, 3.05) is 31.5 Å². The zero-order valence-corrected chi connectivity index (χ0v) is 24.4. The summed E-state index contributed by atoms with van der Waals surface area (Å²) in [5.41, 5.74) is 3.02. The Bertz CT molecular complexity index is 1340. The molecule has 1 saturated heterocycles. The summed E-state index contributed by atoms with van der Waals surface area (Å²) in [5.74, 6) is 0.0623. The fourth-order valence-electron chi connectivity index (χ4n) is 4.94. The van der Waals surface area contributed by atoms with Crippen molar-refractivity contribution in [1.82, 2.24) is 19.8 Å². The zero-order chi connectivity index (χ0) is 29.4. The Kier molecular flexibility index (Phi) is 9.91. The van der Waals surface area contributed by atoms with Crippen molar-refractivity contribution in [3.8, 4) is 11.3 Å². The minimum atomic E-state index is -0.572. The molecule has 1 aliphatic rings. The van der Waals surface area contributed by atoms with E-state index in [1.54, 1.807) is 17.2 Å². The van der Waals surface area contributed by atoms with Crippen LogP contribution in [0.15, 0.2) is 60.8 Å². The Morgan fingerprint density at radius 2 is 1.90 bits per heavy atom. The second kappa shape index (κ2) is 13.6. The SMILES string of the molecule is CCN(Cc1cccc(-c2ccnc(NCCc3cccc(F)c3)n2)c1)C(=O)[C@H]1CCCN(C(=O)OC(C)(C)C)C1. The molecule has 1 atom stereocenters. The monoisotopic (exact) mass is 561 g/mol. The molecule has 41 heavy (non-hydrogen) atoms. The summed E-state index contributed by atoms with van der Waals surface area (Å²) in [7, 11) is 0. The van der Waals surface area contributed by atoms with Gasteiger partial charge >= 0.3 is 6.09 Å². The normalized spacial score (nSPS) is 15.3. The van der Waals surface area contributed by atoms with Crippen LogP contribution in [0.4, 0.5) is 15.1 Å². The van der Waals surface area contributed by atoms with Gasteiger partial charge in [0, 0.05) is 44.5 Å². The lowest BCUT2D eigenvalue weighted by molar-refractivity contribution is -0.137. The number of likely N-dealkylation sites (tertiary alicyclic amines) is 1. The first kappa shape index (κ1) is 30.0. The molecule has 0 saturated carbocycles. The van der Waals surface area contributed by atoms with E-state index in [0.717, 1.165) is 35.2 Å². The van der Waals surface area contributed by atoms with Gasteiger partial charge in [-0.15, -0.1) is 0 Å². The molecule has 2 aromatic carbocycles. The highest BCUT2D eigenvalue weighted by atomic mass is 19.1. The Labute approximate surface area is 241 Å². The molecule has 2 amide bonds. The number of carbonyl (C=O) groups excluding carboxylic acids is 2. The van der Waals surface area contributed by atoms with Crippen LogP contribution in [-0.4, -0.2) is 63.5 Å².